The van der Waals surface area contributed by atoms with Crippen LogP contribution in [0.15, 0.2) is 0 Å². The van der Waals surface area contributed by atoms with Gasteiger partial charge in [0.1, 0.15) is 5.38 Å². The van der Waals surface area contributed by atoms with E-state index in [0.29, 0.717) is 0 Å². The molecule has 0 spiro atoms. The smallest absolute Gasteiger partial charge is 0.323 e. The van der Waals surface area contributed by atoms with E-state index in [2.05, 4.69) is 11.7 Å². The predicted octanol–water partition coefficient (Wildman–Crippen LogP) is 0.601. The molecule has 7 heavy (non-hydrogen) atoms. The lowest BCUT2D eigenvalue weighted by atomic mass is 10.5. The van der Waals surface area contributed by atoms with Gasteiger partial charge in [0.25, 0.3) is 0 Å². The van der Waals surface area contributed by atoms with Crippen LogP contribution in [0.2, 0.25) is 0 Å². The van der Waals surface area contributed by atoms with Gasteiger partial charge in [0.05, 0.1) is 7.11 Å². The fourth-order valence-corrected chi connectivity index (χ4v) is 0.217. The van der Waals surface area contributed by atoms with Crippen LogP contribution in [0.25, 0.3) is 0 Å². The largest absolute Gasteiger partial charge is 0.468 e. The molecule has 0 aromatic heterocycles. The summed E-state index contributed by atoms with van der Waals surface area (Å²) in [6.45, 7) is 3.20. The van der Waals surface area contributed by atoms with Gasteiger partial charge in [0, 0.05) is 0 Å². The van der Waals surface area contributed by atoms with E-state index in [0.717, 1.165) is 0 Å². The highest BCUT2D eigenvalue weighted by Gasteiger charge is 2.06. The Kier molecular flexibility index (Phi) is 2.76. The van der Waals surface area contributed by atoms with E-state index in [1.165, 1.54) is 7.11 Å². The first kappa shape index (κ1) is 6.76. The third-order valence-electron chi connectivity index (χ3n) is 0.457. The highest BCUT2D eigenvalue weighted by Crippen LogP contribution is 1.92. The minimum atomic E-state index is -0.773. The number of carbonyl (C=O) groups is 1. The minimum Gasteiger partial charge on any atom is -0.468 e. The van der Waals surface area contributed by atoms with Gasteiger partial charge in [0.15, 0.2) is 0 Å². The molecule has 0 aliphatic heterocycles. The van der Waals surface area contributed by atoms with E-state index in [1.807, 2.05) is 0 Å². The highest BCUT2D eigenvalue weighted by molar-refractivity contribution is 6.30. The SMILES string of the molecule is [CH2]C(Cl)C(=O)OC. The van der Waals surface area contributed by atoms with E-state index >= 15 is 0 Å². The third kappa shape index (κ3) is 2.45. The average Bonchev–Trinajstić information content (AvgIpc) is 1.65. The molecule has 1 unspecified atom stereocenters. The van der Waals surface area contributed by atoms with Crippen molar-refractivity contribution >= 4 is 17.6 Å². The number of carbonyl (C=O) groups excluding carboxylic acids is 1. The molecule has 0 aromatic rings. The molecule has 0 aliphatic carbocycles. The monoisotopic (exact) mass is 121 g/mol. The van der Waals surface area contributed by atoms with Crippen molar-refractivity contribution < 1.29 is 9.53 Å². The minimum absolute atomic E-state index is 0.498. The van der Waals surface area contributed by atoms with Gasteiger partial charge in [-0.05, 0) is 6.92 Å². The molecule has 41 valence electrons. The Morgan fingerprint density at radius 2 is 2.43 bits per heavy atom. The van der Waals surface area contributed by atoms with Crippen molar-refractivity contribution in [1.82, 2.24) is 0 Å². The van der Waals surface area contributed by atoms with Crippen LogP contribution in [0.4, 0.5) is 0 Å². The molecule has 0 N–H and O–H groups in total. The summed E-state index contributed by atoms with van der Waals surface area (Å²) in [4.78, 5) is 10.1. The summed E-state index contributed by atoms with van der Waals surface area (Å²) in [5, 5.41) is -0.773. The van der Waals surface area contributed by atoms with E-state index in [-0.39, 0.29) is 0 Å². The lowest BCUT2D eigenvalue weighted by Crippen LogP contribution is -2.11. The first-order valence-corrected chi connectivity index (χ1v) is 2.17. The Labute approximate surface area is 47.4 Å². The molecule has 0 amide bonds. The Morgan fingerprint density at radius 3 is 2.43 bits per heavy atom. The molecule has 1 atom stereocenters. The molecule has 0 aliphatic rings. The standard InChI is InChI=1S/C4H6ClO2/c1-3(5)4(6)7-2/h3H,1H2,2H3. The Bertz CT molecular complexity index is 70.1. The molecule has 0 heterocycles. The van der Waals surface area contributed by atoms with Crippen molar-refractivity contribution in [3.8, 4) is 0 Å². The normalized spacial score (nSPS) is 13.0. The van der Waals surface area contributed by atoms with Gasteiger partial charge in [-0.25, -0.2) is 0 Å². The first-order valence-electron chi connectivity index (χ1n) is 1.73. The molecule has 0 saturated heterocycles. The predicted molar refractivity (Wildman–Crippen MR) is 27.0 cm³/mol. The maximum absolute atomic E-state index is 10.1. The zero-order chi connectivity index (χ0) is 5.86. The number of methoxy groups -OCH3 is 1. The second kappa shape index (κ2) is 2.86. The van der Waals surface area contributed by atoms with Crippen LogP contribution in [0.1, 0.15) is 0 Å². The third-order valence-corrected chi connectivity index (χ3v) is 0.635. The maximum atomic E-state index is 10.1. The Balaban J connectivity index is 3.35. The molecule has 0 rings (SSSR count). The van der Waals surface area contributed by atoms with Gasteiger partial charge in [0.2, 0.25) is 0 Å². The van der Waals surface area contributed by atoms with Crippen molar-refractivity contribution in [2.75, 3.05) is 7.11 Å². The molecule has 2 nitrogen and oxygen atoms in total. The van der Waals surface area contributed by atoms with Crippen LogP contribution >= 0.6 is 11.6 Å². The second-order valence-corrected chi connectivity index (χ2v) is 1.52. The zero-order valence-electron chi connectivity index (χ0n) is 3.98. The lowest BCUT2D eigenvalue weighted by Gasteiger charge is -1.95. The summed E-state index contributed by atoms with van der Waals surface area (Å²) in [5.41, 5.74) is 0. The van der Waals surface area contributed by atoms with E-state index < -0.39 is 11.3 Å². The van der Waals surface area contributed by atoms with Crippen molar-refractivity contribution in [3.05, 3.63) is 6.92 Å². The number of hydrogen-bond donors (Lipinski definition) is 0. The summed E-state index contributed by atoms with van der Waals surface area (Å²) < 4.78 is 4.18. The number of esters is 1. The van der Waals surface area contributed by atoms with Gasteiger partial charge in [-0.3, -0.25) is 4.79 Å². The van der Waals surface area contributed by atoms with Crippen LogP contribution in [-0.2, 0) is 9.53 Å². The molecular formula is C4H6ClO2. The zero-order valence-corrected chi connectivity index (χ0v) is 4.73. The van der Waals surface area contributed by atoms with Gasteiger partial charge in [-0.2, -0.15) is 0 Å². The maximum Gasteiger partial charge on any atom is 0.323 e. The molecular weight excluding hydrogens is 115 g/mol. The van der Waals surface area contributed by atoms with Gasteiger partial charge in [-0.15, -0.1) is 11.6 Å². The number of halogens is 1. The van der Waals surface area contributed by atoms with E-state index in [9.17, 15) is 4.79 Å². The van der Waals surface area contributed by atoms with Crippen LogP contribution in [0.5, 0.6) is 0 Å². The van der Waals surface area contributed by atoms with Crippen LogP contribution in [0.3, 0.4) is 0 Å². The van der Waals surface area contributed by atoms with Crippen LogP contribution in [0, 0.1) is 6.92 Å². The summed E-state index contributed by atoms with van der Waals surface area (Å²) in [7, 11) is 1.27. The first-order chi connectivity index (χ1) is 3.18. The summed E-state index contributed by atoms with van der Waals surface area (Å²) in [6, 6.07) is 0. The average molecular weight is 122 g/mol. The topological polar surface area (TPSA) is 26.3 Å². The fraction of sp³-hybridized carbons (Fsp3) is 0.500. The van der Waals surface area contributed by atoms with Gasteiger partial charge >= 0.3 is 5.97 Å². The molecule has 0 fully saturated rings. The van der Waals surface area contributed by atoms with Crippen LogP contribution in [-0.4, -0.2) is 18.5 Å². The van der Waals surface area contributed by atoms with Crippen molar-refractivity contribution in [1.29, 1.82) is 0 Å². The Hall–Kier alpha value is -0.240. The van der Waals surface area contributed by atoms with Gasteiger partial charge in [-0.1, -0.05) is 0 Å². The quantitative estimate of drug-likeness (QED) is 0.375. The van der Waals surface area contributed by atoms with E-state index in [4.69, 9.17) is 11.6 Å². The Morgan fingerprint density at radius 1 is 2.00 bits per heavy atom. The number of rotatable bonds is 1. The number of alkyl halides is 1. The molecule has 0 aromatic carbocycles. The lowest BCUT2D eigenvalue weighted by molar-refractivity contribution is -0.139. The molecule has 3 heteroatoms. The van der Waals surface area contributed by atoms with Crippen molar-refractivity contribution in [3.63, 3.8) is 0 Å². The number of hydrogen-bond acceptors (Lipinski definition) is 2. The molecule has 0 saturated carbocycles. The van der Waals surface area contributed by atoms with Crippen LogP contribution < -0.4 is 0 Å². The number of ether oxygens (including phenoxy) is 1. The van der Waals surface area contributed by atoms with Gasteiger partial charge < -0.3 is 4.74 Å². The summed E-state index contributed by atoms with van der Waals surface area (Å²) >= 11 is 5.14. The van der Waals surface area contributed by atoms with E-state index in [1.54, 1.807) is 0 Å². The van der Waals surface area contributed by atoms with Crippen molar-refractivity contribution in [2.45, 2.75) is 5.38 Å². The molecule has 0 bridgehead atoms. The summed E-state index contributed by atoms with van der Waals surface area (Å²) in [5.74, 6) is -0.498. The highest BCUT2D eigenvalue weighted by atomic mass is 35.5. The summed E-state index contributed by atoms with van der Waals surface area (Å²) in [6.07, 6.45) is 0. The second-order valence-electron chi connectivity index (χ2n) is 0.991. The fourth-order valence-electron chi connectivity index (χ4n) is 0.128. The van der Waals surface area contributed by atoms with Crippen molar-refractivity contribution in [2.24, 2.45) is 0 Å². The molecule has 1 radical (unpaired) electrons.